The molecule has 2 fully saturated rings. The van der Waals surface area contributed by atoms with Crippen molar-refractivity contribution in [1.82, 2.24) is 10.2 Å². The highest BCUT2D eigenvalue weighted by atomic mass is 16.5. The van der Waals surface area contributed by atoms with Gasteiger partial charge in [-0.3, -0.25) is 0 Å². The summed E-state index contributed by atoms with van der Waals surface area (Å²) in [5.41, 5.74) is 0.855. The van der Waals surface area contributed by atoms with Gasteiger partial charge in [0.15, 0.2) is 11.5 Å². The van der Waals surface area contributed by atoms with Crippen LogP contribution in [0.2, 0.25) is 0 Å². The maximum absolute atomic E-state index is 12.6. The number of amides is 2. The summed E-state index contributed by atoms with van der Waals surface area (Å²) >= 11 is 0. The first kappa shape index (κ1) is 16.0. The van der Waals surface area contributed by atoms with E-state index >= 15 is 0 Å². The van der Waals surface area contributed by atoms with Gasteiger partial charge in [0.2, 0.25) is 0 Å². The number of ether oxygens (including phenoxy) is 2. The largest absolute Gasteiger partial charge is 0.493 e. The number of methoxy groups -OCH3 is 2. The normalized spacial score (nSPS) is 20.0. The minimum Gasteiger partial charge on any atom is -0.493 e. The number of hydrogen-bond donors (Lipinski definition) is 1. The Bertz CT molecular complexity index is 576. The number of nitrogens with zero attached hydrogens (tertiary/aromatic N) is 1. The van der Waals surface area contributed by atoms with E-state index in [-0.39, 0.29) is 11.6 Å². The van der Waals surface area contributed by atoms with Gasteiger partial charge < -0.3 is 19.7 Å². The molecule has 5 nitrogen and oxygen atoms in total. The summed E-state index contributed by atoms with van der Waals surface area (Å²) < 4.78 is 10.7. The Morgan fingerprint density at radius 1 is 1.17 bits per heavy atom. The van der Waals surface area contributed by atoms with Crippen molar-refractivity contribution in [2.75, 3.05) is 27.3 Å². The fourth-order valence-corrected chi connectivity index (χ4v) is 3.24. The first-order valence-corrected chi connectivity index (χ1v) is 8.37. The first-order valence-electron chi connectivity index (χ1n) is 8.37. The average molecular weight is 318 g/mol. The van der Waals surface area contributed by atoms with Crippen molar-refractivity contribution in [2.24, 2.45) is 5.92 Å². The molecule has 23 heavy (non-hydrogen) atoms. The lowest BCUT2D eigenvalue weighted by atomic mass is 9.99. The molecule has 5 heteroatoms. The van der Waals surface area contributed by atoms with Gasteiger partial charge >= 0.3 is 6.03 Å². The molecule has 1 aliphatic carbocycles. The number of urea groups is 1. The van der Waals surface area contributed by atoms with Crippen LogP contribution in [0.5, 0.6) is 11.5 Å². The number of rotatable bonds is 4. The number of benzene rings is 1. The number of likely N-dealkylation sites (tertiary alicyclic amines) is 1. The molecule has 1 saturated heterocycles. The first-order chi connectivity index (χ1) is 11.1. The monoisotopic (exact) mass is 318 g/mol. The van der Waals surface area contributed by atoms with E-state index in [0.29, 0.717) is 11.5 Å². The fraction of sp³-hybridized carbons (Fsp3) is 0.611. The van der Waals surface area contributed by atoms with Crippen LogP contribution in [-0.4, -0.2) is 38.2 Å². The fourth-order valence-electron chi connectivity index (χ4n) is 3.24. The molecule has 0 bridgehead atoms. The van der Waals surface area contributed by atoms with Gasteiger partial charge in [0.1, 0.15) is 0 Å². The van der Waals surface area contributed by atoms with Crippen LogP contribution in [0.15, 0.2) is 18.2 Å². The van der Waals surface area contributed by atoms with E-state index < -0.39 is 0 Å². The molecule has 1 saturated carbocycles. The zero-order valence-corrected chi connectivity index (χ0v) is 14.2. The second kappa shape index (κ2) is 6.30. The average Bonchev–Trinajstić information content (AvgIpc) is 3.35. The molecule has 0 spiro atoms. The van der Waals surface area contributed by atoms with Crippen LogP contribution in [-0.2, 0) is 5.54 Å². The quantitative estimate of drug-likeness (QED) is 0.928. The molecule has 1 aromatic rings. The SMILES string of the molecule is COc1ccc(C2(NC(=O)N3CCC(C)CC3)CC2)cc1OC. The predicted molar refractivity (Wildman–Crippen MR) is 89.0 cm³/mol. The molecule has 1 aromatic carbocycles. The number of carbonyl (C=O) groups is 1. The summed E-state index contributed by atoms with van der Waals surface area (Å²) in [5.74, 6) is 2.14. The Labute approximate surface area is 137 Å². The molecular weight excluding hydrogens is 292 g/mol. The Kier molecular flexibility index (Phi) is 4.37. The molecular formula is C18H26N2O3. The maximum atomic E-state index is 12.6. The summed E-state index contributed by atoms with van der Waals surface area (Å²) in [4.78, 5) is 14.5. The summed E-state index contributed by atoms with van der Waals surface area (Å²) in [6.07, 6.45) is 4.13. The van der Waals surface area contributed by atoms with Gasteiger partial charge in [-0.25, -0.2) is 4.79 Å². The molecule has 2 amide bonds. The van der Waals surface area contributed by atoms with Crippen molar-refractivity contribution in [2.45, 2.75) is 38.1 Å². The van der Waals surface area contributed by atoms with Crippen molar-refractivity contribution in [3.05, 3.63) is 23.8 Å². The smallest absolute Gasteiger partial charge is 0.318 e. The molecule has 1 N–H and O–H groups in total. The third kappa shape index (κ3) is 3.23. The molecule has 0 atom stereocenters. The standard InChI is InChI=1S/C18H26N2O3/c1-13-6-10-20(11-7-13)17(21)19-18(8-9-18)14-4-5-15(22-2)16(12-14)23-3/h4-5,12-13H,6-11H2,1-3H3,(H,19,21). The third-order valence-electron chi connectivity index (χ3n) is 5.10. The minimum atomic E-state index is -0.236. The number of piperidine rings is 1. The zero-order valence-electron chi connectivity index (χ0n) is 14.2. The summed E-state index contributed by atoms with van der Waals surface area (Å²) in [6, 6.07) is 5.96. The van der Waals surface area contributed by atoms with Gasteiger partial charge in [-0.1, -0.05) is 13.0 Å². The summed E-state index contributed by atoms with van der Waals surface area (Å²) in [5, 5.41) is 3.25. The lowest BCUT2D eigenvalue weighted by molar-refractivity contribution is 0.169. The van der Waals surface area contributed by atoms with Crippen LogP contribution in [0.3, 0.4) is 0 Å². The van der Waals surface area contributed by atoms with E-state index in [0.717, 1.165) is 50.3 Å². The second-order valence-electron chi connectivity index (χ2n) is 6.75. The molecule has 2 aliphatic rings. The molecule has 1 heterocycles. The van der Waals surface area contributed by atoms with Gasteiger partial charge in [-0.15, -0.1) is 0 Å². The molecule has 0 radical (unpaired) electrons. The van der Waals surface area contributed by atoms with E-state index in [1.807, 2.05) is 23.1 Å². The van der Waals surface area contributed by atoms with Crippen molar-refractivity contribution in [3.63, 3.8) is 0 Å². The summed E-state index contributed by atoms with van der Waals surface area (Å²) in [7, 11) is 3.26. The number of carbonyl (C=O) groups excluding carboxylic acids is 1. The van der Waals surface area contributed by atoms with Crippen LogP contribution >= 0.6 is 0 Å². The van der Waals surface area contributed by atoms with Crippen molar-refractivity contribution in [3.8, 4) is 11.5 Å². The van der Waals surface area contributed by atoms with E-state index in [1.54, 1.807) is 14.2 Å². The van der Waals surface area contributed by atoms with Gasteiger partial charge in [0.05, 0.1) is 19.8 Å². The van der Waals surface area contributed by atoms with Crippen LogP contribution in [0, 0.1) is 5.92 Å². The van der Waals surface area contributed by atoms with Gasteiger partial charge in [-0.2, -0.15) is 0 Å². The summed E-state index contributed by atoms with van der Waals surface area (Å²) in [6.45, 7) is 3.96. The molecule has 126 valence electrons. The van der Waals surface area contributed by atoms with Crippen molar-refractivity contribution >= 4 is 6.03 Å². The van der Waals surface area contributed by atoms with E-state index in [2.05, 4.69) is 12.2 Å². The highest BCUT2D eigenvalue weighted by molar-refractivity contribution is 5.76. The maximum Gasteiger partial charge on any atom is 0.318 e. The second-order valence-corrected chi connectivity index (χ2v) is 6.75. The van der Waals surface area contributed by atoms with Crippen molar-refractivity contribution in [1.29, 1.82) is 0 Å². The Hall–Kier alpha value is -1.91. The predicted octanol–water partition coefficient (Wildman–Crippen LogP) is 3.13. The topological polar surface area (TPSA) is 50.8 Å². The molecule has 0 aromatic heterocycles. The Morgan fingerprint density at radius 3 is 2.39 bits per heavy atom. The molecule has 0 unspecified atom stereocenters. The molecule has 3 rings (SSSR count). The number of nitrogens with one attached hydrogen (secondary N) is 1. The van der Waals surface area contributed by atoms with E-state index in [1.165, 1.54) is 0 Å². The van der Waals surface area contributed by atoms with E-state index in [4.69, 9.17) is 9.47 Å². The van der Waals surface area contributed by atoms with E-state index in [9.17, 15) is 4.79 Å². The third-order valence-corrected chi connectivity index (χ3v) is 5.10. The van der Waals surface area contributed by atoms with Crippen LogP contribution in [0.1, 0.15) is 38.2 Å². The van der Waals surface area contributed by atoms with Crippen molar-refractivity contribution < 1.29 is 14.3 Å². The zero-order chi connectivity index (χ0) is 16.4. The minimum absolute atomic E-state index is 0.0594. The Balaban J connectivity index is 1.71. The van der Waals surface area contributed by atoms with Gasteiger partial charge in [-0.05, 0) is 49.3 Å². The lowest BCUT2D eigenvalue weighted by Crippen LogP contribution is -2.47. The molecule has 1 aliphatic heterocycles. The van der Waals surface area contributed by atoms with Gasteiger partial charge in [0, 0.05) is 13.1 Å². The van der Waals surface area contributed by atoms with Crippen LogP contribution in [0.25, 0.3) is 0 Å². The van der Waals surface area contributed by atoms with Crippen LogP contribution < -0.4 is 14.8 Å². The van der Waals surface area contributed by atoms with Crippen LogP contribution in [0.4, 0.5) is 4.79 Å². The number of hydrogen-bond acceptors (Lipinski definition) is 3. The van der Waals surface area contributed by atoms with Gasteiger partial charge in [0.25, 0.3) is 0 Å². The Morgan fingerprint density at radius 2 is 1.83 bits per heavy atom. The highest BCUT2D eigenvalue weighted by Gasteiger charge is 2.46. The highest BCUT2D eigenvalue weighted by Crippen LogP contribution is 2.47. The lowest BCUT2D eigenvalue weighted by Gasteiger charge is -2.32.